The summed E-state index contributed by atoms with van der Waals surface area (Å²) in [5.41, 5.74) is 8.45. The molecular formula is C79H112N2O17P2S5. The Morgan fingerprint density at radius 3 is 1.59 bits per heavy atom. The summed E-state index contributed by atoms with van der Waals surface area (Å²) >= 11 is 8.82. The number of primary sulfonamides is 1. The number of ketones is 7. The number of carbonyl (C=O) groups is 9. The maximum Gasteiger partial charge on any atom is 0.316 e. The molecule has 580 valence electrons. The second-order valence-electron chi connectivity index (χ2n) is 27.1. The van der Waals surface area contributed by atoms with E-state index in [1.54, 1.807) is 26.8 Å². The van der Waals surface area contributed by atoms with Crippen molar-refractivity contribution in [1.82, 2.24) is 5.32 Å². The van der Waals surface area contributed by atoms with Gasteiger partial charge in [-0.3, -0.25) is 43.2 Å². The molecule has 0 aliphatic heterocycles. The van der Waals surface area contributed by atoms with Crippen LogP contribution in [0.5, 0.6) is 0 Å². The lowest BCUT2D eigenvalue weighted by Crippen LogP contribution is -2.35. The van der Waals surface area contributed by atoms with E-state index in [4.69, 9.17) is 9.88 Å². The molecule has 1 aliphatic rings. The molecule has 0 fully saturated rings. The van der Waals surface area contributed by atoms with Gasteiger partial charge in [0.1, 0.15) is 47.2 Å². The number of aliphatic hydroxyl groups excluding tert-OH is 1. The zero-order chi connectivity index (χ0) is 78.2. The summed E-state index contributed by atoms with van der Waals surface area (Å²) in [7, 11) is -9.09. The lowest BCUT2D eigenvalue weighted by molar-refractivity contribution is -0.152. The molecule has 1 aliphatic carbocycles. The van der Waals surface area contributed by atoms with E-state index in [-0.39, 0.29) is 154 Å². The lowest BCUT2D eigenvalue weighted by atomic mass is 9.89. The predicted molar refractivity (Wildman–Crippen MR) is 429 cm³/mol. The number of benzene rings is 4. The number of esters is 1. The summed E-state index contributed by atoms with van der Waals surface area (Å²) in [6.45, 7) is 18.7. The van der Waals surface area contributed by atoms with Gasteiger partial charge in [-0.2, -0.15) is 0 Å². The summed E-state index contributed by atoms with van der Waals surface area (Å²) in [6, 6.07) is 31.6. The predicted octanol–water partition coefficient (Wildman–Crippen LogP) is 14.1. The first-order valence-corrected chi connectivity index (χ1v) is 45.3. The van der Waals surface area contributed by atoms with Gasteiger partial charge in [-0.25, -0.2) is 30.4 Å². The largest absolute Gasteiger partial charge is 0.464 e. The van der Waals surface area contributed by atoms with E-state index >= 15 is 0 Å². The van der Waals surface area contributed by atoms with Crippen molar-refractivity contribution in [2.24, 2.45) is 40.6 Å². The molecule has 26 heteroatoms. The Hall–Kier alpha value is -6.20. The second-order valence-corrected chi connectivity index (χ2v) is 37.5. The molecule has 4 aromatic carbocycles. The number of nitrogens with two attached hydrogens (primary N) is 1. The molecule has 5 atom stereocenters. The van der Waals surface area contributed by atoms with Gasteiger partial charge in [0.05, 0.1) is 23.4 Å². The standard InChI is InChI=1S/C44H61NO8S.C28H34O6S.C6H13NO3S.CH4.P2S2/c1-7-39(46)16-12-24-54(52,53)30-43(50)37(25-31(2)3)28-41(48)22-23-45-44(51)38(27-36-21-18-32(4)34(6)26-36)29-40(47)15-11-17-42(49)33(5)19-20-35-13-9-8-10-14-35;1-4-20(29)10-9-15-35(32,33)18-27(30)25(16-19(2)3)28(31)34-17-26-23-13-7-5-11-21(23)22-12-6-8-14-24(22)26;1-2-6(8)4-3-5-11(7,9)10;;3-1-2-4/h8-11,13-15,18-21,26,31,33,37-38,42,49H,7,12,16-17,22-25,27-30H2,1-6H3,(H,45,51);5-8,11-14,19,25-26H,4,9-10,15-18H2,1-3H3;2-5H2,1H3,(H2,7,9,10);1H4;/b15-11+,20-19+;;;;/t33-,37-,38+,42+;25-;;;/m10.../s1. The number of rotatable bonds is 45. The number of fused-ring (bicyclic) bond motifs is 3. The van der Waals surface area contributed by atoms with Crippen molar-refractivity contribution < 1.29 is 78.2 Å². The molecular weight excluding hydrogens is 1470 g/mol. The fourth-order valence-corrected chi connectivity index (χ4v) is 14.7. The molecule has 5 rings (SSSR count). The normalized spacial score (nSPS) is 13.5. The quantitative estimate of drug-likeness (QED) is 0.0160. The number of carbonyl (C=O) groups excluding carboxylic acids is 9. The number of ether oxygens (including phenoxy) is 1. The number of aliphatic hydroxyl groups is 1. The van der Waals surface area contributed by atoms with Crippen LogP contribution >= 0.6 is 14.1 Å². The van der Waals surface area contributed by atoms with Crippen LogP contribution in [-0.2, 0) is 108 Å². The van der Waals surface area contributed by atoms with E-state index in [9.17, 15) is 73.5 Å². The molecule has 0 aromatic heterocycles. The molecule has 105 heavy (non-hydrogen) atoms. The second kappa shape index (κ2) is 51.2. The zero-order valence-corrected chi connectivity index (χ0v) is 67.8. The van der Waals surface area contributed by atoms with Crippen molar-refractivity contribution in [3.05, 3.63) is 149 Å². The average Bonchev–Trinajstić information content (AvgIpc) is 1.62. The molecule has 0 saturated carbocycles. The third-order valence-electron chi connectivity index (χ3n) is 17.3. The fourth-order valence-electron chi connectivity index (χ4n) is 11.3. The highest BCUT2D eigenvalue weighted by Crippen LogP contribution is 2.44. The maximum absolute atomic E-state index is 13.5. The van der Waals surface area contributed by atoms with Gasteiger partial charge in [0, 0.05) is 102 Å². The van der Waals surface area contributed by atoms with Gasteiger partial charge in [-0.1, -0.05) is 178 Å². The molecule has 0 spiro atoms. The Labute approximate surface area is 638 Å². The highest BCUT2D eigenvalue weighted by Gasteiger charge is 2.35. The third-order valence-corrected chi connectivity index (χ3v) is 24.1. The maximum atomic E-state index is 13.5. The van der Waals surface area contributed by atoms with Crippen molar-refractivity contribution in [2.45, 2.75) is 191 Å². The molecule has 0 bridgehead atoms. The fraction of sp³-hybridized carbons (Fsp3) is 0.532. The number of nitrogens with one attached hydrogen (secondary N) is 1. The number of sulfonamides is 1. The van der Waals surface area contributed by atoms with E-state index in [0.717, 1.165) is 58.6 Å². The zero-order valence-electron chi connectivity index (χ0n) is 61.9. The van der Waals surface area contributed by atoms with Crippen LogP contribution in [0.15, 0.2) is 115 Å². The molecule has 1 amide bonds. The topological polar surface area (TPSA) is 324 Å². The van der Waals surface area contributed by atoms with Crippen LogP contribution in [-0.4, -0.2) is 131 Å². The van der Waals surface area contributed by atoms with E-state index in [0.29, 0.717) is 44.9 Å². The average molecular weight is 1580 g/mol. The first-order valence-electron chi connectivity index (χ1n) is 35.5. The van der Waals surface area contributed by atoms with Crippen molar-refractivity contribution in [1.29, 1.82) is 0 Å². The number of allylic oxidation sites excluding steroid dienone is 1. The van der Waals surface area contributed by atoms with Gasteiger partial charge in [-0.15, -0.1) is 0 Å². The number of Topliss-reactive ketones (excluding diaryl/α,β-unsaturated/α-hetero) is 6. The highest BCUT2D eigenvalue weighted by atomic mass is 32.7. The number of hydrogen-bond acceptors (Lipinski definition) is 19. The van der Waals surface area contributed by atoms with Crippen LogP contribution < -0.4 is 10.5 Å². The van der Waals surface area contributed by atoms with Crippen molar-refractivity contribution in [3.8, 4) is 11.1 Å². The van der Waals surface area contributed by atoms with Crippen molar-refractivity contribution in [2.75, 3.05) is 41.9 Å². The van der Waals surface area contributed by atoms with Gasteiger partial charge < -0.3 is 15.2 Å². The Morgan fingerprint density at radius 1 is 0.610 bits per heavy atom. The van der Waals surface area contributed by atoms with Gasteiger partial charge in [0.15, 0.2) is 37.0 Å². The number of amides is 1. The Bertz CT molecular complexity index is 3860. The minimum Gasteiger partial charge on any atom is -0.464 e. The summed E-state index contributed by atoms with van der Waals surface area (Å²) in [6.07, 6.45) is 9.65. The SMILES string of the molecule is C.CCC(=O)CCCS(=O)(=O)CC(=O)[C@@H](CC(=O)CCNC(=O)[C@H](CC(=O)/C=C/C[C@H](O)[C@H](C)/C=C/c1ccccc1)Cc1ccc(C)c(C)c1)CC(C)C.CCC(=O)CCCS(=O)(=O)CC(=O)[C@H](CC(C)C)C(=O)OCC1c2ccccc2-c2ccccc21.CCC(=O)CCCS(N)(=O)=O.S=PP=S. The smallest absolute Gasteiger partial charge is 0.316 e. The molecule has 0 heterocycles. The van der Waals surface area contributed by atoms with Gasteiger partial charge in [-0.05, 0) is 145 Å². The molecule has 4 N–H and O–H groups in total. The molecule has 4 aromatic rings. The van der Waals surface area contributed by atoms with Crippen LogP contribution in [0, 0.1) is 49.4 Å². The van der Waals surface area contributed by atoms with E-state index in [1.165, 1.54) is 6.08 Å². The van der Waals surface area contributed by atoms with Crippen LogP contribution in [0.2, 0.25) is 0 Å². The summed E-state index contributed by atoms with van der Waals surface area (Å²) in [4.78, 5) is 112. The number of sulfone groups is 2. The minimum atomic E-state index is -3.72. The van der Waals surface area contributed by atoms with Gasteiger partial charge >= 0.3 is 5.97 Å². The number of hydrogen-bond donors (Lipinski definition) is 3. The van der Waals surface area contributed by atoms with Crippen LogP contribution in [0.3, 0.4) is 0 Å². The highest BCUT2D eigenvalue weighted by molar-refractivity contribution is 8.40. The van der Waals surface area contributed by atoms with Gasteiger partial charge in [0.25, 0.3) is 0 Å². The molecule has 0 saturated heterocycles. The van der Waals surface area contributed by atoms with Crippen molar-refractivity contribution >= 4 is 126 Å². The molecule has 0 radical (unpaired) electrons. The van der Waals surface area contributed by atoms with E-state index in [2.05, 4.69) is 28.9 Å². The van der Waals surface area contributed by atoms with Crippen LogP contribution in [0.1, 0.15) is 198 Å². The van der Waals surface area contributed by atoms with Crippen molar-refractivity contribution in [3.63, 3.8) is 0 Å². The van der Waals surface area contributed by atoms with Crippen LogP contribution in [0.4, 0.5) is 0 Å². The lowest BCUT2D eigenvalue weighted by Gasteiger charge is -2.19. The Kier molecular flexibility index (Phi) is 47.2. The summed E-state index contributed by atoms with van der Waals surface area (Å²) in [5, 5.41) is 18.2. The van der Waals surface area contributed by atoms with Gasteiger partial charge in [0.2, 0.25) is 15.9 Å². The van der Waals surface area contributed by atoms with E-state index < -0.39 is 82.6 Å². The number of aryl methyl sites for hydroxylation is 2. The Balaban J connectivity index is 0.000000915. The summed E-state index contributed by atoms with van der Waals surface area (Å²) < 4.78 is 76.6. The Morgan fingerprint density at radius 2 is 1.10 bits per heavy atom. The summed E-state index contributed by atoms with van der Waals surface area (Å²) in [5.74, 6) is -7.47. The molecule has 0 unspecified atom stereocenters. The first kappa shape index (κ1) is 96.8. The van der Waals surface area contributed by atoms with Crippen LogP contribution in [0.25, 0.3) is 17.2 Å². The monoisotopic (exact) mass is 1580 g/mol. The third kappa shape index (κ3) is 40.5. The van der Waals surface area contributed by atoms with E-state index in [1.807, 2.05) is 158 Å². The molecule has 19 nitrogen and oxygen atoms in total. The minimum absolute atomic E-state index is 0. The first-order chi connectivity index (χ1) is 49.0.